The summed E-state index contributed by atoms with van der Waals surface area (Å²) < 4.78 is 10.6. The van der Waals surface area contributed by atoms with Crippen LogP contribution in [0.5, 0.6) is 0 Å². The fraction of sp³-hybridized carbons (Fsp3) is 0.250. The SMILES string of the molecule is CCOC(=O)[C@H](C)N1C(=O)S/C(=C\c2ccc(-c3ccc([N+](=O)[O-])cc3C)o2)C1=O. The number of carbonyl (C=O) groups excluding carboxylic acids is 3. The third-order valence-corrected chi connectivity index (χ3v) is 5.31. The number of hydrogen-bond donors (Lipinski definition) is 0. The van der Waals surface area contributed by atoms with Crippen LogP contribution in [-0.2, 0) is 14.3 Å². The third kappa shape index (κ3) is 4.13. The fourth-order valence-electron chi connectivity index (χ4n) is 2.92. The van der Waals surface area contributed by atoms with Crippen LogP contribution in [0.15, 0.2) is 39.7 Å². The van der Waals surface area contributed by atoms with Crippen LogP contribution in [0, 0.1) is 17.0 Å². The van der Waals surface area contributed by atoms with Crippen LogP contribution in [0.1, 0.15) is 25.2 Å². The molecule has 3 rings (SSSR count). The number of ether oxygens (including phenoxy) is 1. The van der Waals surface area contributed by atoms with Crippen molar-refractivity contribution in [3.63, 3.8) is 0 Å². The highest BCUT2D eigenvalue weighted by Gasteiger charge is 2.41. The van der Waals surface area contributed by atoms with Gasteiger partial charge in [-0.2, -0.15) is 0 Å². The van der Waals surface area contributed by atoms with Crippen molar-refractivity contribution in [1.82, 2.24) is 4.90 Å². The Morgan fingerprint density at radius 1 is 1.33 bits per heavy atom. The zero-order valence-electron chi connectivity index (χ0n) is 16.4. The second kappa shape index (κ2) is 8.54. The summed E-state index contributed by atoms with van der Waals surface area (Å²) in [5.41, 5.74) is 1.31. The Labute approximate surface area is 175 Å². The number of non-ortho nitro benzene ring substituents is 1. The average Bonchev–Trinajstić information content (AvgIpc) is 3.26. The first-order valence-electron chi connectivity index (χ1n) is 9.02. The largest absolute Gasteiger partial charge is 0.464 e. The predicted molar refractivity (Wildman–Crippen MR) is 109 cm³/mol. The van der Waals surface area contributed by atoms with Gasteiger partial charge in [-0.15, -0.1) is 0 Å². The lowest BCUT2D eigenvalue weighted by Crippen LogP contribution is -2.42. The van der Waals surface area contributed by atoms with Gasteiger partial charge in [0.1, 0.15) is 17.6 Å². The number of aryl methyl sites for hydroxylation is 1. The molecule has 0 unspecified atom stereocenters. The van der Waals surface area contributed by atoms with E-state index in [1.54, 1.807) is 32.0 Å². The van der Waals surface area contributed by atoms with E-state index in [2.05, 4.69) is 0 Å². The number of nitro groups is 1. The average molecular weight is 430 g/mol. The van der Waals surface area contributed by atoms with E-state index in [4.69, 9.17) is 9.15 Å². The van der Waals surface area contributed by atoms with Crippen molar-refractivity contribution >= 4 is 40.6 Å². The molecule has 0 aliphatic carbocycles. The molecule has 1 aliphatic heterocycles. The van der Waals surface area contributed by atoms with Crippen molar-refractivity contribution in [2.75, 3.05) is 6.61 Å². The summed E-state index contributed by atoms with van der Waals surface area (Å²) in [6.45, 7) is 4.94. The molecule has 10 heteroatoms. The smallest absolute Gasteiger partial charge is 0.329 e. The molecule has 9 nitrogen and oxygen atoms in total. The van der Waals surface area contributed by atoms with Gasteiger partial charge in [0.25, 0.3) is 16.8 Å². The van der Waals surface area contributed by atoms with Gasteiger partial charge in [0.2, 0.25) is 0 Å². The molecular weight excluding hydrogens is 412 g/mol. The van der Waals surface area contributed by atoms with Crippen LogP contribution < -0.4 is 0 Å². The first-order valence-corrected chi connectivity index (χ1v) is 9.83. The summed E-state index contributed by atoms with van der Waals surface area (Å²) in [5.74, 6) is -0.463. The molecule has 30 heavy (non-hydrogen) atoms. The van der Waals surface area contributed by atoms with E-state index >= 15 is 0 Å². The monoisotopic (exact) mass is 430 g/mol. The van der Waals surface area contributed by atoms with E-state index in [1.807, 2.05) is 0 Å². The van der Waals surface area contributed by atoms with Gasteiger partial charge < -0.3 is 9.15 Å². The molecule has 1 saturated heterocycles. The zero-order chi connectivity index (χ0) is 22.0. The Morgan fingerprint density at radius 3 is 2.70 bits per heavy atom. The summed E-state index contributed by atoms with van der Waals surface area (Å²) in [6.07, 6.45) is 1.42. The Bertz CT molecular complexity index is 1070. The van der Waals surface area contributed by atoms with E-state index < -0.39 is 28.1 Å². The number of thioether (sulfide) groups is 1. The molecule has 1 aromatic carbocycles. The highest BCUT2D eigenvalue weighted by molar-refractivity contribution is 8.18. The van der Waals surface area contributed by atoms with Crippen LogP contribution in [0.3, 0.4) is 0 Å². The number of furan rings is 1. The van der Waals surface area contributed by atoms with Crippen molar-refractivity contribution in [3.8, 4) is 11.3 Å². The first-order chi connectivity index (χ1) is 14.2. The predicted octanol–water partition coefficient (Wildman–Crippen LogP) is 4.15. The molecule has 1 atom stereocenters. The maximum absolute atomic E-state index is 12.6. The molecule has 2 amide bonds. The standard InChI is InChI=1S/C20H18N2O7S/c1-4-28-19(24)12(3)21-18(23)17(30-20(21)25)10-14-6-8-16(29-14)15-7-5-13(22(26)27)9-11(15)2/h5-10,12H,4H2,1-3H3/b17-10-/t12-/m0/s1. The van der Waals surface area contributed by atoms with Gasteiger partial charge in [0.05, 0.1) is 16.4 Å². The van der Waals surface area contributed by atoms with Crippen LogP contribution in [0.4, 0.5) is 10.5 Å². The number of rotatable bonds is 6. The van der Waals surface area contributed by atoms with Crippen molar-refractivity contribution in [2.24, 2.45) is 0 Å². The zero-order valence-corrected chi connectivity index (χ0v) is 17.2. The van der Waals surface area contributed by atoms with Crippen LogP contribution in [0.2, 0.25) is 0 Å². The van der Waals surface area contributed by atoms with Gasteiger partial charge in [-0.25, -0.2) is 4.79 Å². The van der Waals surface area contributed by atoms with Crippen LogP contribution in [-0.4, -0.2) is 39.6 Å². The van der Waals surface area contributed by atoms with Crippen LogP contribution in [0.25, 0.3) is 17.4 Å². The minimum Gasteiger partial charge on any atom is -0.464 e. The molecule has 2 aromatic rings. The highest BCUT2D eigenvalue weighted by atomic mass is 32.2. The van der Waals surface area contributed by atoms with Gasteiger partial charge in [0, 0.05) is 23.8 Å². The van der Waals surface area contributed by atoms with Crippen LogP contribution >= 0.6 is 11.8 Å². The minimum atomic E-state index is -1.03. The summed E-state index contributed by atoms with van der Waals surface area (Å²) >= 11 is 0.710. The number of benzene rings is 1. The van der Waals surface area contributed by atoms with Crippen molar-refractivity contribution in [3.05, 3.63) is 56.7 Å². The summed E-state index contributed by atoms with van der Waals surface area (Å²) in [6, 6.07) is 6.68. The normalized spacial score (nSPS) is 16.2. The maximum atomic E-state index is 12.6. The van der Waals surface area contributed by atoms with Crippen molar-refractivity contribution < 1.29 is 28.5 Å². The lowest BCUT2D eigenvalue weighted by atomic mass is 10.1. The molecule has 1 aromatic heterocycles. The van der Waals surface area contributed by atoms with E-state index in [0.29, 0.717) is 34.4 Å². The molecule has 0 radical (unpaired) electrons. The molecule has 1 fully saturated rings. The second-order valence-electron chi connectivity index (χ2n) is 6.44. The van der Waals surface area contributed by atoms with E-state index in [9.17, 15) is 24.5 Å². The van der Waals surface area contributed by atoms with Gasteiger partial charge in [-0.1, -0.05) is 0 Å². The summed E-state index contributed by atoms with van der Waals surface area (Å²) in [5, 5.41) is 10.3. The van der Waals surface area contributed by atoms with Crippen molar-refractivity contribution in [1.29, 1.82) is 0 Å². The Morgan fingerprint density at radius 2 is 2.07 bits per heavy atom. The van der Waals surface area contributed by atoms with E-state index in [-0.39, 0.29) is 17.2 Å². The van der Waals surface area contributed by atoms with Crippen molar-refractivity contribution in [2.45, 2.75) is 26.8 Å². The molecule has 1 aliphatic rings. The quantitative estimate of drug-likeness (QED) is 0.290. The fourth-order valence-corrected chi connectivity index (χ4v) is 3.81. The topological polar surface area (TPSA) is 120 Å². The molecule has 0 bridgehead atoms. The number of hydrogen-bond acceptors (Lipinski definition) is 8. The lowest BCUT2D eigenvalue weighted by molar-refractivity contribution is -0.384. The number of nitro benzene ring substituents is 1. The maximum Gasteiger partial charge on any atom is 0.329 e. The highest BCUT2D eigenvalue weighted by Crippen LogP contribution is 2.35. The number of nitrogens with zero attached hydrogens (tertiary/aromatic N) is 2. The van der Waals surface area contributed by atoms with Gasteiger partial charge in [-0.05, 0) is 56.3 Å². The minimum absolute atomic E-state index is 0.0209. The van der Waals surface area contributed by atoms with E-state index in [0.717, 1.165) is 4.90 Å². The Balaban J connectivity index is 1.83. The number of amides is 2. The molecule has 0 spiro atoms. The molecule has 0 N–H and O–H groups in total. The first kappa shape index (κ1) is 21.3. The Hall–Kier alpha value is -3.40. The van der Waals surface area contributed by atoms with Gasteiger partial charge >= 0.3 is 5.97 Å². The number of imide groups is 1. The van der Waals surface area contributed by atoms with Gasteiger partial charge in [0.15, 0.2) is 0 Å². The van der Waals surface area contributed by atoms with E-state index in [1.165, 1.54) is 25.1 Å². The molecule has 2 heterocycles. The number of carbonyl (C=O) groups is 3. The number of esters is 1. The Kier molecular flexibility index (Phi) is 6.06. The van der Waals surface area contributed by atoms with Gasteiger partial charge in [-0.3, -0.25) is 24.6 Å². The molecule has 156 valence electrons. The summed E-state index contributed by atoms with van der Waals surface area (Å²) in [4.78, 5) is 48.1. The second-order valence-corrected chi connectivity index (χ2v) is 7.43. The lowest BCUT2D eigenvalue weighted by Gasteiger charge is -2.19. The molecular formula is C20H18N2O7S. The molecule has 0 saturated carbocycles. The summed E-state index contributed by atoms with van der Waals surface area (Å²) in [7, 11) is 0. The third-order valence-electron chi connectivity index (χ3n) is 4.42.